The van der Waals surface area contributed by atoms with E-state index in [2.05, 4.69) is 31.8 Å². The molecular formula is C14H14BrN3O2. The number of aryl methyl sites for hydroxylation is 2. The van der Waals surface area contributed by atoms with Gasteiger partial charge in [-0.2, -0.15) is 5.10 Å². The fourth-order valence-electron chi connectivity index (χ4n) is 1.71. The molecule has 104 valence electrons. The standard InChI is InChI=1S/C14H14BrN3O2/c1-9-4-3-5-10(2)13(9)17-14(19)18-16-8-11-6-7-12(15)20-11/h3-8H,1-2H3,(H2,17,18,19). The molecule has 0 fully saturated rings. The number of carbonyl (C=O) groups is 1. The van der Waals surface area contributed by atoms with Crippen LogP contribution < -0.4 is 10.7 Å². The van der Waals surface area contributed by atoms with Gasteiger partial charge >= 0.3 is 6.03 Å². The van der Waals surface area contributed by atoms with E-state index in [9.17, 15) is 4.79 Å². The van der Waals surface area contributed by atoms with E-state index < -0.39 is 6.03 Å². The molecule has 0 aliphatic heterocycles. The highest BCUT2D eigenvalue weighted by molar-refractivity contribution is 9.10. The number of nitrogens with zero attached hydrogens (tertiary/aromatic N) is 1. The Hall–Kier alpha value is -2.08. The first-order valence-electron chi connectivity index (χ1n) is 5.98. The fraction of sp³-hybridized carbons (Fsp3) is 0.143. The first-order chi connectivity index (χ1) is 9.56. The Balaban J connectivity index is 1.94. The largest absolute Gasteiger partial charge is 0.448 e. The second kappa shape index (κ2) is 6.38. The minimum absolute atomic E-state index is 0.399. The maximum atomic E-state index is 11.7. The van der Waals surface area contributed by atoms with E-state index in [4.69, 9.17) is 4.42 Å². The number of halogens is 1. The number of furan rings is 1. The van der Waals surface area contributed by atoms with Gasteiger partial charge in [0.2, 0.25) is 0 Å². The number of hydrogen-bond donors (Lipinski definition) is 2. The van der Waals surface area contributed by atoms with Crippen LogP contribution in [0.2, 0.25) is 0 Å². The summed E-state index contributed by atoms with van der Waals surface area (Å²) >= 11 is 3.19. The summed E-state index contributed by atoms with van der Waals surface area (Å²) in [6.07, 6.45) is 1.43. The van der Waals surface area contributed by atoms with Crippen molar-refractivity contribution in [3.63, 3.8) is 0 Å². The van der Waals surface area contributed by atoms with Gasteiger partial charge in [0, 0.05) is 5.69 Å². The van der Waals surface area contributed by atoms with Crippen LogP contribution in [0.3, 0.4) is 0 Å². The third-order valence-electron chi connectivity index (χ3n) is 2.67. The molecule has 1 aromatic heterocycles. The van der Waals surface area contributed by atoms with Crippen molar-refractivity contribution in [2.24, 2.45) is 5.10 Å². The molecule has 2 N–H and O–H groups in total. The second-order valence-corrected chi connectivity index (χ2v) is 5.01. The van der Waals surface area contributed by atoms with Crippen LogP contribution in [0.25, 0.3) is 0 Å². The van der Waals surface area contributed by atoms with Gasteiger partial charge in [-0.15, -0.1) is 0 Å². The number of hydrogen-bond acceptors (Lipinski definition) is 3. The molecule has 20 heavy (non-hydrogen) atoms. The number of para-hydroxylation sites is 1. The molecule has 0 saturated heterocycles. The summed E-state index contributed by atoms with van der Waals surface area (Å²) in [6, 6.07) is 8.90. The molecule has 0 aliphatic rings. The van der Waals surface area contributed by atoms with Gasteiger partial charge in [0.05, 0.1) is 6.21 Å². The van der Waals surface area contributed by atoms with Gasteiger partial charge in [-0.1, -0.05) is 18.2 Å². The van der Waals surface area contributed by atoms with Gasteiger partial charge in [0.15, 0.2) is 4.67 Å². The summed E-state index contributed by atoms with van der Waals surface area (Å²) < 4.78 is 5.83. The lowest BCUT2D eigenvalue weighted by Gasteiger charge is -2.10. The molecule has 0 unspecified atom stereocenters. The molecule has 5 nitrogen and oxygen atoms in total. The first-order valence-corrected chi connectivity index (χ1v) is 6.77. The van der Waals surface area contributed by atoms with Crippen LogP contribution in [0.1, 0.15) is 16.9 Å². The summed E-state index contributed by atoms with van der Waals surface area (Å²) in [7, 11) is 0. The van der Waals surface area contributed by atoms with Crippen LogP contribution in [0.4, 0.5) is 10.5 Å². The van der Waals surface area contributed by atoms with E-state index >= 15 is 0 Å². The number of anilines is 1. The fourth-order valence-corrected chi connectivity index (χ4v) is 2.02. The Morgan fingerprint density at radius 2 is 1.95 bits per heavy atom. The van der Waals surface area contributed by atoms with Crippen molar-refractivity contribution in [2.75, 3.05) is 5.32 Å². The average Bonchev–Trinajstić information content (AvgIpc) is 2.80. The smallest absolute Gasteiger partial charge is 0.339 e. The summed E-state index contributed by atoms with van der Waals surface area (Å²) in [5, 5.41) is 6.58. The van der Waals surface area contributed by atoms with Crippen LogP contribution in [-0.2, 0) is 0 Å². The molecular weight excluding hydrogens is 322 g/mol. The zero-order valence-electron chi connectivity index (χ0n) is 11.1. The predicted octanol–water partition coefficient (Wildman–Crippen LogP) is 3.81. The van der Waals surface area contributed by atoms with E-state index in [1.54, 1.807) is 12.1 Å². The summed E-state index contributed by atoms with van der Waals surface area (Å²) in [6.45, 7) is 3.87. The minimum atomic E-state index is -0.399. The van der Waals surface area contributed by atoms with Gasteiger partial charge in [0.1, 0.15) is 5.76 Å². The first kappa shape index (κ1) is 14.3. The molecule has 6 heteroatoms. The molecule has 0 saturated carbocycles. The molecule has 0 bridgehead atoms. The van der Waals surface area contributed by atoms with Crippen LogP contribution in [0.5, 0.6) is 0 Å². The van der Waals surface area contributed by atoms with Crippen molar-refractivity contribution < 1.29 is 9.21 Å². The van der Waals surface area contributed by atoms with Crippen molar-refractivity contribution in [3.8, 4) is 0 Å². The average molecular weight is 336 g/mol. The highest BCUT2D eigenvalue weighted by atomic mass is 79.9. The van der Waals surface area contributed by atoms with Crippen LogP contribution in [-0.4, -0.2) is 12.2 Å². The summed E-state index contributed by atoms with van der Waals surface area (Å²) in [5.74, 6) is 0.546. The molecule has 1 heterocycles. The normalized spacial score (nSPS) is 10.8. The Bertz CT molecular complexity index is 629. The lowest BCUT2D eigenvalue weighted by atomic mass is 10.1. The predicted molar refractivity (Wildman–Crippen MR) is 82.1 cm³/mol. The Labute approximate surface area is 125 Å². The number of amides is 2. The molecule has 2 rings (SSSR count). The Morgan fingerprint density at radius 3 is 2.55 bits per heavy atom. The van der Waals surface area contributed by atoms with Crippen LogP contribution >= 0.6 is 15.9 Å². The summed E-state index contributed by atoms with van der Waals surface area (Å²) in [5.41, 5.74) is 5.18. The maximum Gasteiger partial charge on any atom is 0.339 e. The van der Waals surface area contributed by atoms with Crippen molar-refractivity contribution in [1.82, 2.24) is 5.43 Å². The van der Waals surface area contributed by atoms with E-state index in [0.29, 0.717) is 10.4 Å². The monoisotopic (exact) mass is 335 g/mol. The van der Waals surface area contributed by atoms with Gasteiger partial charge in [-0.05, 0) is 53.0 Å². The third-order valence-corrected chi connectivity index (χ3v) is 3.10. The van der Waals surface area contributed by atoms with Gasteiger partial charge < -0.3 is 9.73 Å². The highest BCUT2D eigenvalue weighted by Crippen LogP contribution is 2.19. The molecule has 2 aromatic rings. The number of hydrazone groups is 1. The topological polar surface area (TPSA) is 66.6 Å². The molecule has 0 radical (unpaired) electrons. The van der Waals surface area contributed by atoms with Gasteiger partial charge in [0.25, 0.3) is 0 Å². The van der Waals surface area contributed by atoms with E-state index in [1.807, 2.05) is 32.0 Å². The van der Waals surface area contributed by atoms with Crippen molar-refractivity contribution >= 4 is 33.9 Å². The van der Waals surface area contributed by atoms with Crippen molar-refractivity contribution in [1.29, 1.82) is 0 Å². The summed E-state index contributed by atoms with van der Waals surface area (Å²) in [4.78, 5) is 11.7. The highest BCUT2D eigenvalue weighted by Gasteiger charge is 2.05. The maximum absolute atomic E-state index is 11.7. The third kappa shape index (κ3) is 3.71. The molecule has 0 aliphatic carbocycles. The van der Waals surface area contributed by atoms with Crippen LogP contribution in [0.15, 0.2) is 44.5 Å². The Kier molecular flexibility index (Phi) is 4.57. The van der Waals surface area contributed by atoms with Crippen molar-refractivity contribution in [3.05, 3.63) is 51.9 Å². The quantitative estimate of drug-likeness (QED) is 0.661. The number of carbonyl (C=O) groups excluding carboxylic acids is 1. The van der Waals surface area contributed by atoms with E-state index in [-0.39, 0.29) is 0 Å². The molecule has 0 atom stereocenters. The number of benzene rings is 1. The Morgan fingerprint density at radius 1 is 1.25 bits per heavy atom. The van der Waals surface area contributed by atoms with Crippen molar-refractivity contribution in [2.45, 2.75) is 13.8 Å². The van der Waals surface area contributed by atoms with Crippen LogP contribution in [0, 0.1) is 13.8 Å². The number of rotatable bonds is 3. The van der Waals surface area contributed by atoms with E-state index in [0.717, 1.165) is 16.8 Å². The number of urea groups is 1. The lowest BCUT2D eigenvalue weighted by molar-refractivity contribution is 0.252. The van der Waals surface area contributed by atoms with Gasteiger partial charge in [-0.25, -0.2) is 10.2 Å². The van der Waals surface area contributed by atoms with E-state index in [1.165, 1.54) is 6.21 Å². The van der Waals surface area contributed by atoms with Gasteiger partial charge in [-0.3, -0.25) is 0 Å². The molecule has 2 amide bonds. The molecule has 0 spiro atoms. The zero-order chi connectivity index (χ0) is 14.5. The SMILES string of the molecule is Cc1cccc(C)c1NC(=O)NN=Cc1ccc(Br)o1. The zero-order valence-corrected chi connectivity index (χ0v) is 12.7. The molecule has 1 aromatic carbocycles. The number of nitrogens with one attached hydrogen (secondary N) is 2. The minimum Gasteiger partial charge on any atom is -0.448 e. The second-order valence-electron chi connectivity index (χ2n) is 4.23. The lowest BCUT2D eigenvalue weighted by Crippen LogP contribution is -2.25.